The van der Waals surface area contributed by atoms with Crippen molar-refractivity contribution in [1.29, 1.82) is 5.26 Å². The average molecular weight is 271 g/mol. The lowest BCUT2D eigenvalue weighted by atomic mass is 10.2. The van der Waals surface area contributed by atoms with Crippen molar-refractivity contribution in [2.45, 2.75) is 6.54 Å². The standard InChI is InChI=1S/C14H13N3O3/c1-19-14(18)11-4-2-3-5-12(11)20-9-8-17-7-6-16-13(17)10-15/h2-7H,8-9H2,1H3. The smallest absolute Gasteiger partial charge is 0.341 e. The van der Waals surface area contributed by atoms with Gasteiger partial charge in [0.2, 0.25) is 5.82 Å². The summed E-state index contributed by atoms with van der Waals surface area (Å²) >= 11 is 0. The Morgan fingerprint density at radius 2 is 2.25 bits per heavy atom. The van der Waals surface area contributed by atoms with Crippen molar-refractivity contribution in [2.24, 2.45) is 0 Å². The van der Waals surface area contributed by atoms with Gasteiger partial charge in [0.05, 0.1) is 13.7 Å². The van der Waals surface area contributed by atoms with Gasteiger partial charge in [-0.2, -0.15) is 5.26 Å². The molecule has 2 aromatic rings. The monoisotopic (exact) mass is 271 g/mol. The Labute approximate surface area is 116 Å². The number of nitrogens with zero attached hydrogens (tertiary/aromatic N) is 3. The van der Waals surface area contributed by atoms with Crippen LogP contribution in [0.25, 0.3) is 0 Å². The molecule has 0 unspecified atom stereocenters. The molecule has 0 amide bonds. The number of ether oxygens (including phenoxy) is 2. The molecule has 6 nitrogen and oxygen atoms in total. The Balaban J connectivity index is 2.02. The second-order valence-electron chi connectivity index (χ2n) is 3.89. The van der Waals surface area contributed by atoms with E-state index in [1.807, 2.05) is 6.07 Å². The molecule has 6 heteroatoms. The zero-order valence-electron chi connectivity index (χ0n) is 10.9. The molecule has 0 N–H and O–H groups in total. The van der Waals surface area contributed by atoms with Crippen LogP contribution in [0.5, 0.6) is 5.75 Å². The summed E-state index contributed by atoms with van der Waals surface area (Å²) in [5, 5.41) is 8.84. The molecule has 0 aliphatic heterocycles. The zero-order chi connectivity index (χ0) is 14.4. The molecule has 2 rings (SSSR count). The number of nitriles is 1. The van der Waals surface area contributed by atoms with Gasteiger partial charge in [-0.15, -0.1) is 0 Å². The molecule has 0 atom stereocenters. The van der Waals surface area contributed by atoms with Gasteiger partial charge in [-0.1, -0.05) is 12.1 Å². The molecular weight excluding hydrogens is 258 g/mol. The van der Waals surface area contributed by atoms with Crippen molar-refractivity contribution < 1.29 is 14.3 Å². The van der Waals surface area contributed by atoms with Crippen molar-refractivity contribution in [3.63, 3.8) is 0 Å². The van der Waals surface area contributed by atoms with Crippen LogP contribution < -0.4 is 4.74 Å². The predicted molar refractivity (Wildman–Crippen MR) is 70.2 cm³/mol. The molecule has 20 heavy (non-hydrogen) atoms. The quantitative estimate of drug-likeness (QED) is 0.772. The number of esters is 1. The number of imidazole rings is 1. The van der Waals surface area contributed by atoms with Crippen molar-refractivity contribution in [1.82, 2.24) is 9.55 Å². The third-order valence-electron chi connectivity index (χ3n) is 2.70. The molecule has 102 valence electrons. The fraction of sp³-hybridized carbons (Fsp3) is 0.214. The first-order valence-corrected chi connectivity index (χ1v) is 5.97. The van der Waals surface area contributed by atoms with E-state index in [4.69, 9.17) is 10.00 Å². The first-order chi connectivity index (χ1) is 9.76. The minimum absolute atomic E-state index is 0.318. The number of hydrogen-bond donors (Lipinski definition) is 0. The van der Waals surface area contributed by atoms with Crippen molar-refractivity contribution in [3.05, 3.63) is 48.0 Å². The van der Waals surface area contributed by atoms with Crippen LogP contribution in [0.4, 0.5) is 0 Å². The molecule has 0 fully saturated rings. The maximum Gasteiger partial charge on any atom is 0.341 e. The van der Waals surface area contributed by atoms with E-state index in [0.29, 0.717) is 30.3 Å². The fourth-order valence-corrected chi connectivity index (χ4v) is 1.73. The van der Waals surface area contributed by atoms with Gasteiger partial charge in [0, 0.05) is 12.4 Å². The predicted octanol–water partition coefficient (Wildman–Crippen LogP) is 1.62. The van der Waals surface area contributed by atoms with E-state index < -0.39 is 5.97 Å². The van der Waals surface area contributed by atoms with Crippen LogP contribution in [0.3, 0.4) is 0 Å². The topological polar surface area (TPSA) is 77.1 Å². The summed E-state index contributed by atoms with van der Waals surface area (Å²) in [5.41, 5.74) is 0.376. The summed E-state index contributed by atoms with van der Waals surface area (Å²) in [6.45, 7) is 0.789. The Morgan fingerprint density at radius 1 is 1.45 bits per heavy atom. The molecular formula is C14H13N3O3. The highest BCUT2D eigenvalue weighted by Crippen LogP contribution is 2.18. The van der Waals surface area contributed by atoms with Crippen molar-refractivity contribution in [3.8, 4) is 11.8 Å². The molecule has 1 heterocycles. The van der Waals surface area contributed by atoms with Crippen LogP contribution >= 0.6 is 0 Å². The van der Waals surface area contributed by atoms with Crippen LogP contribution in [-0.2, 0) is 11.3 Å². The highest BCUT2D eigenvalue weighted by Gasteiger charge is 2.12. The summed E-state index contributed by atoms with van der Waals surface area (Å²) in [5.74, 6) is 0.341. The molecule has 1 aromatic heterocycles. The van der Waals surface area contributed by atoms with Gasteiger partial charge < -0.3 is 14.0 Å². The Hall–Kier alpha value is -2.81. The van der Waals surface area contributed by atoms with E-state index in [2.05, 4.69) is 9.72 Å². The molecule has 0 saturated carbocycles. The number of carbonyl (C=O) groups excluding carboxylic acids is 1. The molecule has 0 spiro atoms. The van der Waals surface area contributed by atoms with Crippen molar-refractivity contribution >= 4 is 5.97 Å². The Bertz CT molecular complexity index is 643. The van der Waals surface area contributed by atoms with Crippen LogP contribution in [0, 0.1) is 11.3 Å². The zero-order valence-corrected chi connectivity index (χ0v) is 10.9. The van der Waals surface area contributed by atoms with Gasteiger partial charge >= 0.3 is 5.97 Å². The number of hydrogen-bond acceptors (Lipinski definition) is 5. The number of methoxy groups -OCH3 is 1. The molecule has 0 radical (unpaired) electrons. The van der Waals surface area contributed by atoms with E-state index in [0.717, 1.165) is 0 Å². The largest absolute Gasteiger partial charge is 0.491 e. The number of para-hydroxylation sites is 1. The summed E-state index contributed by atoms with van der Waals surface area (Å²) in [6.07, 6.45) is 3.26. The summed E-state index contributed by atoms with van der Waals surface area (Å²) < 4.78 is 11.9. The number of carbonyl (C=O) groups is 1. The van der Waals surface area contributed by atoms with E-state index >= 15 is 0 Å². The van der Waals surface area contributed by atoms with Crippen LogP contribution in [-0.4, -0.2) is 29.2 Å². The van der Waals surface area contributed by atoms with Crippen molar-refractivity contribution in [2.75, 3.05) is 13.7 Å². The maximum atomic E-state index is 11.6. The lowest BCUT2D eigenvalue weighted by molar-refractivity contribution is 0.0596. The Kier molecular flexibility index (Phi) is 4.35. The normalized spacial score (nSPS) is 9.80. The molecule has 0 saturated heterocycles. The summed E-state index contributed by atoms with van der Waals surface area (Å²) in [6, 6.07) is 8.84. The Morgan fingerprint density at radius 3 is 3.00 bits per heavy atom. The minimum Gasteiger partial charge on any atom is -0.491 e. The second-order valence-corrected chi connectivity index (χ2v) is 3.89. The number of benzene rings is 1. The first-order valence-electron chi connectivity index (χ1n) is 5.97. The highest BCUT2D eigenvalue weighted by molar-refractivity contribution is 5.92. The van der Waals surface area contributed by atoms with E-state index in [1.54, 1.807) is 41.2 Å². The van der Waals surface area contributed by atoms with E-state index in [9.17, 15) is 4.79 Å². The van der Waals surface area contributed by atoms with Gasteiger partial charge in [0.1, 0.15) is 24.0 Å². The first kappa shape index (κ1) is 13.6. The lowest BCUT2D eigenvalue weighted by Crippen LogP contribution is -2.11. The van der Waals surface area contributed by atoms with E-state index in [-0.39, 0.29) is 0 Å². The van der Waals surface area contributed by atoms with Crippen LogP contribution in [0.2, 0.25) is 0 Å². The van der Waals surface area contributed by atoms with Crippen LogP contribution in [0.15, 0.2) is 36.7 Å². The average Bonchev–Trinajstić information content (AvgIpc) is 2.94. The minimum atomic E-state index is -0.444. The molecule has 0 aliphatic carbocycles. The highest BCUT2D eigenvalue weighted by atomic mass is 16.5. The van der Waals surface area contributed by atoms with Crippen LogP contribution in [0.1, 0.15) is 16.2 Å². The van der Waals surface area contributed by atoms with Gasteiger partial charge in [-0.25, -0.2) is 9.78 Å². The summed E-state index contributed by atoms with van der Waals surface area (Å²) in [4.78, 5) is 15.5. The van der Waals surface area contributed by atoms with Gasteiger partial charge in [-0.3, -0.25) is 0 Å². The number of rotatable bonds is 5. The van der Waals surface area contributed by atoms with Gasteiger partial charge in [0.15, 0.2) is 0 Å². The number of aromatic nitrogens is 2. The van der Waals surface area contributed by atoms with E-state index in [1.165, 1.54) is 7.11 Å². The SMILES string of the molecule is COC(=O)c1ccccc1OCCn1ccnc1C#N. The third-order valence-corrected chi connectivity index (χ3v) is 2.70. The fourth-order valence-electron chi connectivity index (χ4n) is 1.73. The van der Waals surface area contributed by atoms with Gasteiger partial charge in [0.25, 0.3) is 0 Å². The lowest BCUT2D eigenvalue weighted by Gasteiger charge is -2.10. The maximum absolute atomic E-state index is 11.6. The third kappa shape index (κ3) is 2.95. The summed E-state index contributed by atoms with van der Waals surface area (Å²) in [7, 11) is 1.32. The molecule has 1 aromatic carbocycles. The molecule has 0 bridgehead atoms. The van der Waals surface area contributed by atoms with Gasteiger partial charge in [-0.05, 0) is 12.1 Å². The molecule has 0 aliphatic rings. The second kappa shape index (κ2) is 6.38.